The lowest BCUT2D eigenvalue weighted by Crippen LogP contribution is -1.79. The standard InChI is InChI=1S/C13H10N4S/c1-7-12(18-8(2)15-7)13-16-10-4-3-9(6-14)5-11(10)17-13/h3-5H,1-2H3,(H,16,17). The third-order valence-electron chi connectivity index (χ3n) is 2.73. The molecular weight excluding hydrogens is 244 g/mol. The van der Waals surface area contributed by atoms with E-state index in [1.807, 2.05) is 26.0 Å². The summed E-state index contributed by atoms with van der Waals surface area (Å²) in [6, 6.07) is 7.57. The number of nitrogens with one attached hydrogen (secondary N) is 1. The lowest BCUT2D eigenvalue weighted by Gasteiger charge is -1.90. The van der Waals surface area contributed by atoms with E-state index in [9.17, 15) is 0 Å². The second-order valence-electron chi connectivity index (χ2n) is 4.08. The Kier molecular flexibility index (Phi) is 2.39. The fourth-order valence-electron chi connectivity index (χ4n) is 1.94. The Labute approximate surface area is 108 Å². The molecule has 0 atom stereocenters. The molecule has 18 heavy (non-hydrogen) atoms. The Morgan fingerprint density at radius 2 is 2.11 bits per heavy atom. The number of benzene rings is 1. The van der Waals surface area contributed by atoms with Gasteiger partial charge in [-0.15, -0.1) is 11.3 Å². The van der Waals surface area contributed by atoms with Gasteiger partial charge in [0, 0.05) is 0 Å². The van der Waals surface area contributed by atoms with Crippen molar-refractivity contribution in [2.45, 2.75) is 13.8 Å². The van der Waals surface area contributed by atoms with Crippen molar-refractivity contribution < 1.29 is 0 Å². The van der Waals surface area contributed by atoms with E-state index >= 15 is 0 Å². The van der Waals surface area contributed by atoms with Gasteiger partial charge in [-0.3, -0.25) is 0 Å². The molecule has 0 radical (unpaired) electrons. The normalized spacial score (nSPS) is 10.7. The quantitative estimate of drug-likeness (QED) is 0.725. The number of aromatic amines is 1. The fraction of sp³-hybridized carbons (Fsp3) is 0.154. The van der Waals surface area contributed by atoms with E-state index in [2.05, 4.69) is 21.0 Å². The summed E-state index contributed by atoms with van der Waals surface area (Å²) >= 11 is 1.62. The van der Waals surface area contributed by atoms with Crippen LogP contribution in [0.2, 0.25) is 0 Å². The molecule has 2 aromatic heterocycles. The van der Waals surface area contributed by atoms with Crippen LogP contribution in [0, 0.1) is 25.2 Å². The van der Waals surface area contributed by atoms with Crippen molar-refractivity contribution in [3.63, 3.8) is 0 Å². The highest BCUT2D eigenvalue weighted by Crippen LogP contribution is 2.29. The van der Waals surface area contributed by atoms with Crippen molar-refractivity contribution >= 4 is 22.4 Å². The zero-order valence-electron chi connectivity index (χ0n) is 9.98. The minimum atomic E-state index is 0.634. The molecule has 4 nitrogen and oxygen atoms in total. The third kappa shape index (κ3) is 1.67. The monoisotopic (exact) mass is 254 g/mol. The Bertz CT molecular complexity index is 776. The first-order valence-corrected chi connectivity index (χ1v) is 6.33. The first kappa shape index (κ1) is 10.9. The molecule has 1 aromatic carbocycles. The van der Waals surface area contributed by atoms with Crippen molar-refractivity contribution in [1.29, 1.82) is 5.26 Å². The van der Waals surface area contributed by atoms with Crippen LogP contribution in [0.5, 0.6) is 0 Å². The molecule has 3 rings (SSSR count). The molecular formula is C13H10N4S. The van der Waals surface area contributed by atoms with Crippen molar-refractivity contribution in [1.82, 2.24) is 15.0 Å². The average Bonchev–Trinajstić information content (AvgIpc) is 2.90. The van der Waals surface area contributed by atoms with Gasteiger partial charge in [0.1, 0.15) is 0 Å². The molecule has 2 heterocycles. The van der Waals surface area contributed by atoms with Crippen LogP contribution in [0.1, 0.15) is 16.3 Å². The summed E-state index contributed by atoms with van der Waals surface area (Å²) in [5, 5.41) is 9.90. The summed E-state index contributed by atoms with van der Waals surface area (Å²) in [7, 11) is 0. The number of aromatic nitrogens is 3. The maximum absolute atomic E-state index is 8.88. The minimum absolute atomic E-state index is 0.634. The summed E-state index contributed by atoms with van der Waals surface area (Å²) in [5.74, 6) is 0.822. The second-order valence-corrected chi connectivity index (χ2v) is 5.28. The van der Waals surface area contributed by atoms with Gasteiger partial charge in [0.05, 0.1) is 38.2 Å². The summed E-state index contributed by atoms with van der Waals surface area (Å²) in [6.07, 6.45) is 0. The number of nitriles is 1. The molecule has 1 N–H and O–H groups in total. The van der Waals surface area contributed by atoms with E-state index in [1.54, 1.807) is 17.4 Å². The fourth-order valence-corrected chi connectivity index (χ4v) is 2.80. The maximum atomic E-state index is 8.88. The van der Waals surface area contributed by atoms with Crippen molar-refractivity contribution in [3.8, 4) is 16.8 Å². The smallest absolute Gasteiger partial charge is 0.150 e. The molecule has 0 fully saturated rings. The number of hydrogen-bond donors (Lipinski definition) is 1. The van der Waals surface area contributed by atoms with Crippen molar-refractivity contribution in [2.75, 3.05) is 0 Å². The van der Waals surface area contributed by atoms with E-state index < -0.39 is 0 Å². The predicted molar refractivity (Wildman–Crippen MR) is 71.4 cm³/mol. The number of aryl methyl sites for hydroxylation is 2. The van der Waals surface area contributed by atoms with Gasteiger partial charge in [-0.1, -0.05) is 0 Å². The van der Waals surface area contributed by atoms with Crippen molar-refractivity contribution in [3.05, 3.63) is 34.5 Å². The molecule has 0 bridgehead atoms. The average molecular weight is 254 g/mol. The van der Waals surface area contributed by atoms with E-state index in [1.165, 1.54) is 0 Å². The molecule has 0 spiro atoms. The van der Waals surface area contributed by atoms with Crippen LogP contribution >= 0.6 is 11.3 Å². The summed E-state index contributed by atoms with van der Waals surface area (Å²) in [4.78, 5) is 13.2. The van der Waals surface area contributed by atoms with Crippen LogP contribution in [-0.4, -0.2) is 15.0 Å². The molecule has 0 unspecified atom stereocenters. The van der Waals surface area contributed by atoms with Crippen LogP contribution < -0.4 is 0 Å². The van der Waals surface area contributed by atoms with Gasteiger partial charge in [0.2, 0.25) is 0 Å². The molecule has 0 aliphatic heterocycles. The molecule has 88 valence electrons. The van der Waals surface area contributed by atoms with Crippen LogP contribution in [0.15, 0.2) is 18.2 Å². The Morgan fingerprint density at radius 1 is 1.28 bits per heavy atom. The van der Waals surface area contributed by atoms with E-state index in [0.29, 0.717) is 5.56 Å². The largest absolute Gasteiger partial charge is 0.337 e. The van der Waals surface area contributed by atoms with Gasteiger partial charge in [0.15, 0.2) is 5.82 Å². The summed E-state index contributed by atoms with van der Waals surface area (Å²) in [6.45, 7) is 3.96. The third-order valence-corrected chi connectivity index (χ3v) is 3.81. The van der Waals surface area contributed by atoms with Gasteiger partial charge in [0.25, 0.3) is 0 Å². The SMILES string of the molecule is Cc1nc(C)c(-c2nc3ccc(C#N)cc3[nH]2)s1. The van der Waals surface area contributed by atoms with Crippen LogP contribution in [0.4, 0.5) is 0 Å². The highest BCUT2D eigenvalue weighted by Gasteiger charge is 2.12. The number of imidazole rings is 1. The van der Waals surface area contributed by atoms with Gasteiger partial charge < -0.3 is 4.98 Å². The highest BCUT2D eigenvalue weighted by molar-refractivity contribution is 7.15. The van der Waals surface area contributed by atoms with Crippen LogP contribution in [0.25, 0.3) is 21.7 Å². The second kappa shape index (κ2) is 3.93. The minimum Gasteiger partial charge on any atom is -0.337 e. The molecule has 0 amide bonds. The highest BCUT2D eigenvalue weighted by atomic mass is 32.1. The zero-order valence-corrected chi connectivity index (χ0v) is 10.8. The van der Waals surface area contributed by atoms with E-state index in [-0.39, 0.29) is 0 Å². The van der Waals surface area contributed by atoms with Gasteiger partial charge in [-0.05, 0) is 32.0 Å². The lowest BCUT2D eigenvalue weighted by atomic mass is 10.2. The number of H-pyrrole nitrogens is 1. The number of rotatable bonds is 1. The van der Waals surface area contributed by atoms with Gasteiger partial charge >= 0.3 is 0 Å². The molecule has 3 aromatic rings. The van der Waals surface area contributed by atoms with Crippen molar-refractivity contribution in [2.24, 2.45) is 0 Å². The molecule has 0 aliphatic rings. The Balaban J connectivity index is 2.19. The maximum Gasteiger partial charge on any atom is 0.150 e. The molecule has 0 saturated carbocycles. The summed E-state index contributed by atoms with van der Waals surface area (Å²) in [5.41, 5.74) is 3.37. The first-order chi connectivity index (χ1) is 8.67. The lowest BCUT2D eigenvalue weighted by molar-refractivity contribution is 1.19. The zero-order chi connectivity index (χ0) is 12.7. The number of hydrogen-bond acceptors (Lipinski definition) is 4. The van der Waals surface area contributed by atoms with E-state index in [4.69, 9.17) is 5.26 Å². The van der Waals surface area contributed by atoms with Crippen LogP contribution in [0.3, 0.4) is 0 Å². The summed E-state index contributed by atoms with van der Waals surface area (Å²) < 4.78 is 0. The number of fused-ring (bicyclic) bond motifs is 1. The van der Waals surface area contributed by atoms with Crippen LogP contribution in [-0.2, 0) is 0 Å². The predicted octanol–water partition coefficient (Wildman–Crippen LogP) is 3.17. The number of nitrogens with zero attached hydrogens (tertiary/aromatic N) is 3. The first-order valence-electron chi connectivity index (χ1n) is 5.51. The molecule has 0 aliphatic carbocycles. The Hall–Kier alpha value is -2.19. The molecule has 5 heteroatoms. The van der Waals surface area contributed by atoms with E-state index in [0.717, 1.165) is 32.4 Å². The number of thiazole rings is 1. The Morgan fingerprint density at radius 3 is 2.78 bits per heavy atom. The topological polar surface area (TPSA) is 65.4 Å². The molecule has 0 saturated heterocycles. The van der Waals surface area contributed by atoms with Gasteiger partial charge in [-0.2, -0.15) is 5.26 Å². The van der Waals surface area contributed by atoms with Gasteiger partial charge in [-0.25, -0.2) is 9.97 Å².